The number of hydrogen-bond donors (Lipinski definition) is 0. The SMILES string of the molecule is [CH2]CC#CC(C)OC. The van der Waals surface area contributed by atoms with Crippen LogP contribution in [0, 0.1) is 18.8 Å². The van der Waals surface area contributed by atoms with Crippen molar-refractivity contribution in [2.24, 2.45) is 0 Å². The van der Waals surface area contributed by atoms with E-state index in [9.17, 15) is 0 Å². The van der Waals surface area contributed by atoms with Crippen LogP contribution in [-0.4, -0.2) is 13.2 Å². The zero-order valence-electron chi connectivity index (χ0n) is 5.40. The Labute approximate surface area is 51.0 Å². The third kappa shape index (κ3) is 3.70. The van der Waals surface area contributed by atoms with Gasteiger partial charge in [-0.1, -0.05) is 5.92 Å². The standard InChI is InChI=1S/C7H11O/c1-4-5-6-7(2)8-3/h7H,1,4H2,2-3H3. The molecule has 0 aromatic carbocycles. The van der Waals surface area contributed by atoms with Crippen molar-refractivity contribution in [2.75, 3.05) is 7.11 Å². The van der Waals surface area contributed by atoms with Crippen molar-refractivity contribution in [1.29, 1.82) is 0 Å². The summed E-state index contributed by atoms with van der Waals surface area (Å²) >= 11 is 0. The molecule has 0 fully saturated rings. The number of rotatable bonds is 1. The smallest absolute Gasteiger partial charge is 0.115 e. The lowest BCUT2D eigenvalue weighted by molar-refractivity contribution is 0.163. The fourth-order valence-electron chi connectivity index (χ4n) is 0.275. The molecule has 0 amide bonds. The van der Waals surface area contributed by atoms with Gasteiger partial charge in [0.25, 0.3) is 0 Å². The van der Waals surface area contributed by atoms with Gasteiger partial charge in [0, 0.05) is 13.5 Å². The van der Waals surface area contributed by atoms with Crippen LogP contribution in [0.25, 0.3) is 0 Å². The topological polar surface area (TPSA) is 9.23 Å². The van der Waals surface area contributed by atoms with Crippen molar-refractivity contribution >= 4 is 0 Å². The zero-order valence-corrected chi connectivity index (χ0v) is 5.40. The van der Waals surface area contributed by atoms with E-state index < -0.39 is 0 Å². The average Bonchev–Trinajstić information content (AvgIpc) is 1.83. The lowest BCUT2D eigenvalue weighted by Crippen LogP contribution is -1.98. The fraction of sp³-hybridized carbons (Fsp3) is 0.571. The Morgan fingerprint density at radius 1 is 1.75 bits per heavy atom. The average molecular weight is 111 g/mol. The Morgan fingerprint density at radius 2 is 2.38 bits per heavy atom. The van der Waals surface area contributed by atoms with E-state index in [0.717, 1.165) is 0 Å². The molecule has 0 aliphatic heterocycles. The van der Waals surface area contributed by atoms with Crippen molar-refractivity contribution in [3.63, 3.8) is 0 Å². The minimum absolute atomic E-state index is 0.0525. The van der Waals surface area contributed by atoms with Crippen molar-refractivity contribution in [3.8, 4) is 11.8 Å². The van der Waals surface area contributed by atoms with Crippen molar-refractivity contribution in [1.82, 2.24) is 0 Å². The highest BCUT2D eigenvalue weighted by atomic mass is 16.5. The summed E-state index contributed by atoms with van der Waals surface area (Å²) in [5, 5.41) is 0. The summed E-state index contributed by atoms with van der Waals surface area (Å²) in [5.41, 5.74) is 0. The van der Waals surface area contributed by atoms with Gasteiger partial charge in [-0.25, -0.2) is 0 Å². The maximum atomic E-state index is 4.85. The maximum absolute atomic E-state index is 4.85. The van der Waals surface area contributed by atoms with E-state index in [1.807, 2.05) is 6.92 Å². The largest absolute Gasteiger partial charge is 0.369 e. The number of methoxy groups -OCH3 is 1. The van der Waals surface area contributed by atoms with Crippen LogP contribution in [0.1, 0.15) is 13.3 Å². The van der Waals surface area contributed by atoms with E-state index in [4.69, 9.17) is 4.74 Å². The van der Waals surface area contributed by atoms with E-state index in [1.54, 1.807) is 7.11 Å². The van der Waals surface area contributed by atoms with Gasteiger partial charge in [0.15, 0.2) is 0 Å². The second kappa shape index (κ2) is 4.67. The van der Waals surface area contributed by atoms with E-state index in [2.05, 4.69) is 18.8 Å². The molecule has 0 aliphatic carbocycles. The first-order valence-corrected chi connectivity index (χ1v) is 2.61. The minimum atomic E-state index is 0.0525. The molecule has 0 aliphatic rings. The predicted molar refractivity (Wildman–Crippen MR) is 34.2 cm³/mol. The molecule has 0 rings (SSSR count). The van der Waals surface area contributed by atoms with Crippen molar-refractivity contribution in [3.05, 3.63) is 6.92 Å². The molecule has 8 heavy (non-hydrogen) atoms. The summed E-state index contributed by atoms with van der Waals surface area (Å²) in [4.78, 5) is 0. The Hall–Kier alpha value is -0.480. The quantitative estimate of drug-likeness (QED) is 0.463. The van der Waals surface area contributed by atoms with Crippen LogP contribution in [0.4, 0.5) is 0 Å². The minimum Gasteiger partial charge on any atom is -0.369 e. The molecule has 1 nitrogen and oxygen atoms in total. The second-order valence-corrected chi connectivity index (χ2v) is 1.45. The first kappa shape index (κ1) is 7.52. The van der Waals surface area contributed by atoms with Gasteiger partial charge >= 0.3 is 0 Å². The number of hydrogen-bond acceptors (Lipinski definition) is 1. The lowest BCUT2D eigenvalue weighted by atomic mass is 10.4. The molecule has 0 aromatic rings. The first-order chi connectivity index (χ1) is 3.81. The van der Waals surface area contributed by atoms with Gasteiger partial charge < -0.3 is 4.74 Å². The van der Waals surface area contributed by atoms with E-state index in [0.29, 0.717) is 6.42 Å². The van der Waals surface area contributed by atoms with Crippen LogP contribution in [0.2, 0.25) is 0 Å². The highest BCUT2D eigenvalue weighted by Gasteiger charge is 1.86. The zero-order chi connectivity index (χ0) is 6.41. The first-order valence-electron chi connectivity index (χ1n) is 2.61. The van der Waals surface area contributed by atoms with Gasteiger partial charge in [-0.15, -0.1) is 5.92 Å². The van der Waals surface area contributed by atoms with Crippen molar-refractivity contribution < 1.29 is 4.74 Å². The van der Waals surface area contributed by atoms with Crippen LogP contribution >= 0.6 is 0 Å². The lowest BCUT2D eigenvalue weighted by Gasteiger charge is -1.95. The molecule has 0 aromatic heterocycles. The molecule has 0 N–H and O–H groups in total. The maximum Gasteiger partial charge on any atom is 0.115 e. The number of ether oxygens (including phenoxy) is 1. The molecule has 1 heteroatoms. The van der Waals surface area contributed by atoms with E-state index >= 15 is 0 Å². The molecule has 45 valence electrons. The second-order valence-electron chi connectivity index (χ2n) is 1.45. The summed E-state index contributed by atoms with van der Waals surface area (Å²) in [7, 11) is 1.64. The van der Waals surface area contributed by atoms with Crippen molar-refractivity contribution in [2.45, 2.75) is 19.4 Å². The molecule has 1 atom stereocenters. The predicted octanol–water partition coefficient (Wildman–Crippen LogP) is 1.25. The van der Waals surface area contributed by atoms with Gasteiger partial charge in [0.2, 0.25) is 0 Å². The van der Waals surface area contributed by atoms with Gasteiger partial charge in [-0.3, -0.25) is 0 Å². The van der Waals surface area contributed by atoms with Crippen LogP contribution in [0.5, 0.6) is 0 Å². The molecule has 1 radical (unpaired) electrons. The summed E-state index contributed by atoms with van der Waals surface area (Å²) in [6, 6.07) is 0. The van der Waals surface area contributed by atoms with E-state index in [1.165, 1.54) is 0 Å². The summed E-state index contributed by atoms with van der Waals surface area (Å²) in [5.74, 6) is 5.66. The highest BCUT2D eigenvalue weighted by Crippen LogP contribution is 1.82. The van der Waals surface area contributed by atoms with Gasteiger partial charge in [-0.05, 0) is 13.8 Å². The molecular formula is C7H11O. The monoisotopic (exact) mass is 111 g/mol. The van der Waals surface area contributed by atoms with Crippen LogP contribution in [0.15, 0.2) is 0 Å². The van der Waals surface area contributed by atoms with Crippen LogP contribution in [-0.2, 0) is 4.74 Å². The normalized spacial score (nSPS) is 11.9. The third-order valence-corrected chi connectivity index (χ3v) is 0.784. The third-order valence-electron chi connectivity index (χ3n) is 0.784. The highest BCUT2D eigenvalue weighted by molar-refractivity contribution is 5.03. The van der Waals surface area contributed by atoms with Gasteiger partial charge in [-0.2, -0.15) is 0 Å². The Bertz CT molecular complexity index is 96.7. The summed E-state index contributed by atoms with van der Waals surface area (Å²) in [6.45, 7) is 5.47. The molecule has 0 saturated carbocycles. The van der Waals surface area contributed by atoms with Gasteiger partial charge in [0.1, 0.15) is 6.10 Å². The Balaban J connectivity index is 3.35. The summed E-state index contributed by atoms with van der Waals surface area (Å²) < 4.78 is 4.85. The molecular weight excluding hydrogens is 100 g/mol. The van der Waals surface area contributed by atoms with E-state index in [-0.39, 0.29) is 6.10 Å². The molecule has 1 unspecified atom stereocenters. The fourth-order valence-corrected chi connectivity index (χ4v) is 0.275. The molecule has 0 bridgehead atoms. The Morgan fingerprint density at radius 3 is 2.75 bits per heavy atom. The van der Waals surface area contributed by atoms with Crippen LogP contribution in [0.3, 0.4) is 0 Å². The molecule has 0 saturated heterocycles. The Kier molecular flexibility index (Phi) is 4.39. The van der Waals surface area contributed by atoms with Gasteiger partial charge in [0.05, 0.1) is 0 Å². The molecule has 0 heterocycles. The summed E-state index contributed by atoms with van der Waals surface area (Å²) in [6.07, 6.45) is 0.713. The molecule has 0 spiro atoms. The van der Waals surface area contributed by atoms with Crippen LogP contribution < -0.4 is 0 Å².